The van der Waals surface area contributed by atoms with Crippen LogP contribution in [0.15, 0.2) is 42.6 Å². The van der Waals surface area contributed by atoms with Gasteiger partial charge in [-0.1, -0.05) is 12.1 Å². The summed E-state index contributed by atoms with van der Waals surface area (Å²) in [6.45, 7) is 5.80. The zero-order chi connectivity index (χ0) is 20.7. The molecule has 1 aromatic carbocycles. The number of carbonyl (C=O) groups excluding carboxylic acids is 1. The lowest BCUT2D eigenvalue weighted by molar-refractivity contribution is 0.0726. The van der Waals surface area contributed by atoms with Gasteiger partial charge in [0.2, 0.25) is 5.88 Å². The first kappa shape index (κ1) is 19.1. The van der Waals surface area contributed by atoms with E-state index in [1.807, 2.05) is 35.2 Å². The van der Waals surface area contributed by atoms with E-state index in [9.17, 15) is 4.79 Å². The fraction of sp³-hybridized carbons (Fsp3) is 0.458. The molecule has 0 radical (unpaired) electrons. The lowest BCUT2D eigenvalue weighted by atomic mass is 10.1. The predicted molar refractivity (Wildman–Crippen MR) is 116 cm³/mol. The van der Waals surface area contributed by atoms with Crippen LogP contribution in [0.4, 0.5) is 0 Å². The molecule has 2 aromatic heterocycles. The van der Waals surface area contributed by atoms with Crippen LogP contribution in [0.3, 0.4) is 0 Å². The molecule has 2 aliphatic rings. The van der Waals surface area contributed by atoms with Crippen molar-refractivity contribution < 1.29 is 9.53 Å². The Balaban J connectivity index is 1.40. The Labute approximate surface area is 176 Å². The number of carbonyl (C=O) groups is 1. The van der Waals surface area contributed by atoms with Gasteiger partial charge >= 0.3 is 0 Å². The van der Waals surface area contributed by atoms with Crippen molar-refractivity contribution in [2.75, 3.05) is 13.2 Å². The Kier molecular flexibility index (Phi) is 4.93. The van der Waals surface area contributed by atoms with E-state index in [2.05, 4.69) is 29.5 Å². The molecule has 1 atom stereocenters. The highest BCUT2D eigenvalue weighted by molar-refractivity contribution is 5.94. The maximum atomic E-state index is 13.3. The molecule has 3 heterocycles. The van der Waals surface area contributed by atoms with Crippen LogP contribution in [0.25, 0.3) is 11.0 Å². The van der Waals surface area contributed by atoms with Crippen LogP contribution in [0, 0.1) is 5.92 Å². The van der Waals surface area contributed by atoms with E-state index in [1.165, 1.54) is 12.8 Å². The summed E-state index contributed by atoms with van der Waals surface area (Å²) >= 11 is 0. The SMILES string of the molecule is CC(C)n1c([C@@H]2CCCN2C(=O)c2ccc(OCC3CC3)nc2)nc2ccccc21. The lowest BCUT2D eigenvalue weighted by Crippen LogP contribution is -2.32. The van der Waals surface area contributed by atoms with E-state index in [-0.39, 0.29) is 18.0 Å². The maximum Gasteiger partial charge on any atom is 0.256 e. The Hall–Kier alpha value is -2.89. The number of imidazole rings is 1. The van der Waals surface area contributed by atoms with Gasteiger partial charge < -0.3 is 14.2 Å². The molecular formula is C24H28N4O2. The van der Waals surface area contributed by atoms with Gasteiger partial charge in [-0.3, -0.25) is 4.79 Å². The highest BCUT2D eigenvalue weighted by Gasteiger charge is 2.34. The topological polar surface area (TPSA) is 60.2 Å². The first-order valence-corrected chi connectivity index (χ1v) is 11.0. The van der Waals surface area contributed by atoms with Crippen molar-refractivity contribution in [3.8, 4) is 5.88 Å². The summed E-state index contributed by atoms with van der Waals surface area (Å²) < 4.78 is 7.98. The zero-order valence-electron chi connectivity index (χ0n) is 17.6. The van der Waals surface area contributed by atoms with E-state index < -0.39 is 0 Å². The van der Waals surface area contributed by atoms with E-state index in [0.717, 1.165) is 42.9 Å². The third kappa shape index (κ3) is 3.55. The molecule has 0 unspecified atom stereocenters. The minimum Gasteiger partial charge on any atom is -0.477 e. The van der Waals surface area contributed by atoms with E-state index in [0.29, 0.717) is 17.4 Å². The number of para-hydroxylation sites is 2. The lowest BCUT2D eigenvalue weighted by Gasteiger charge is -2.26. The summed E-state index contributed by atoms with van der Waals surface area (Å²) in [5.74, 6) is 2.27. The minimum atomic E-state index is -0.0157. The van der Waals surface area contributed by atoms with Crippen molar-refractivity contribution in [1.29, 1.82) is 0 Å². The average molecular weight is 405 g/mol. The van der Waals surface area contributed by atoms with Gasteiger partial charge in [0.1, 0.15) is 5.82 Å². The molecule has 6 heteroatoms. The van der Waals surface area contributed by atoms with Gasteiger partial charge in [0, 0.05) is 24.8 Å². The third-order valence-corrected chi connectivity index (χ3v) is 6.10. The number of pyridine rings is 1. The summed E-state index contributed by atoms with van der Waals surface area (Å²) in [5.41, 5.74) is 2.72. The number of fused-ring (bicyclic) bond motifs is 1. The van der Waals surface area contributed by atoms with Crippen LogP contribution >= 0.6 is 0 Å². The first-order valence-electron chi connectivity index (χ1n) is 11.0. The van der Waals surface area contributed by atoms with Crippen molar-refractivity contribution in [3.63, 3.8) is 0 Å². The standard InChI is InChI=1S/C24H28N4O2/c1-16(2)28-20-7-4-3-6-19(20)26-23(28)21-8-5-13-27(21)24(29)18-11-12-22(25-14-18)30-15-17-9-10-17/h3-4,6-7,11-12,14,16-17,21H,5,8-10,13,15H2,1-2H3/t21-/m0/s1. The molecule has 3 aromatic rings. The first-order chi connectivity index (χ1) is 14.6. The zero-order valence-corrected chi connectivity index (χ0v) is 17.6. The van der Waals surface area contributed by atoms with Crippen molar-refractivity contribution in [1.82, 2.24) is 19.4 Å². The molecule has 156 valence electrons. The summed E-state index contributed by atoms with van der Waals surface area (Å²) in [7, 11) is 0. The van der Waals surface area contributed by atoms with E-state index in [4.69, 9.17) is 9.72 Å². The predicted octanol–water partition coefficient (Wildman–Crippen LogP) is 4.78. The highest BCUT2D eigenvalue weighted by Crippen LogP contribution is 2.36. The molecule has 0 spiro atoms. The molecule has 0 N–H and O–H groups in total. The largest absolute Gasteiger partial charge is 0.477 e. The van der Waals surface area contributed by atoms with Crippen LogP contribution in [-0.2, 0) is 0 Å². The molecule has 1 amide bonds. The second-order valence-corrected chi connectivity index (χ2v) is 8.72. The molecule has 6 nitrogen and oxygen atoms in total. The molecule has 30 heavy (non-hydrogen) atoms. The van der Waals surface area contributed by atoms with Crippen LogP contribution < -0.4 is 4.74 Å². The molecule has 1 saturated heterocycles. The Morgan fingerprint density at radius 1 is 1.17 bits per heavy atom. The van der Waals surface area contributed by atoms with E-state index >= 15 is 0 Å². The number of benzene rings is 1. The quantitative estimate of drug-likeness (QED) is 0.593. The summed E-state index contributed by atoms with van der Waals surface area (Å²) in [6, 6.07) is 12.1. The molecule has 2 fully saturated rings. The molecular weight excluding hydrogens is 376 g/mol. The van der Waals surface area contributed by atoms with Gasteiger partial charge in [-0.2, -0.15) is 0 Å². The van der Waals surface area contributed by atoms with Crippen LogP contribution in [0.5, 0.6) is 5.88 Å². The summed E-state index contributed by atoms with van der Waals surface area (Å²) in [6.07, 6.45) is 6.04. The molecule has 5 rings (SSSR count). The van der Waals surface area contributed by atoms with Crippen molar-refractivity contribution in [2.24, 2.45) is 5.92 Å². The summed E-state index contributed by atoms with van der Waals surface area (Å²) in [5, 5.41) is 0. The Bertz CT molecular complexity index is 1050. The van der Waals surface area contributed by atoms with Crippen LogP contribution in [0.2, 0.25) is 0 Å². The number of hydrogen-bond acceptors (Lipinski definition) is 4. The van der Waals surface area contributed by atoms with E-state index in [1.54, 1.807) is 6.20 Å². The number of ether oxygens (including phenoxy) is 1. The number of nitrogens with zero attached hydrogens (tertiary/aromatic N) is 4. The van der Waals surface area contributed by atoms with Crippen LogP contribution in [0.1, 0.15) is 67.8 Å². The highest BCUT2D eigenvalue weighted by atomic mass is 16.5. The minimum absolute atomic E-state index is 0.0149. The van der Waals surface area contributed by atoms with Gasteiger partial charge in [-0.25, -0.2) is 9.97 Å². The smallest absolute Gasteiger partial charge is 0.256 e. The number of amides is 1. The third-order valence-electron chi connectivity index (χ3n) is 6.10. The van der Waals surface area contributed by atoms with Crippen molar-refractivity contribution in [3.05, 3.63) is 54.0 Å². The Morgan fingerprint density at radius 2 is 2.00 bits per heavy atom. The summed E-state index contributed by atoms with van der Waals surface area (Å²) in [4.78, 5) is 24.6. The maximum absolute atomic E-state index is 13.3. The molecule has 1 saturated carbocycles. The van der Waals surface area contributed by atoms with Crippen LogP contribution in [-0.4, -0.2) is 38.5 Å². The second-order valence-electron chi connectivity index (χ2n) is 8.72. The van der Waals surface area contributed by atoms with Gasteiger partial charge in [0.05, 0.1) is 29.2 Å². The van der Waals surface area contributed by atoms with Gasteiger partial charge in [0.25, 0.3) is 5.91 Å². The normalized spacial score (nSPS) is 19.0. The average Bonchev–Trinajstić information content (AvgIpc) is 3.31. The Morgan fingerprint density at radius 3 is 2.73 bits per heavy atom. The fourth-order valence-electron chi connectivity index (χ4n) is 4.36. The number of likely N-dealkylation sites (tertiary alicyclic amines) is 1. The fourth-order valence-corrected chi connectivity index (χ4v) is 4.36. The number of rotatable bonds is 6. The van der Waals surface area contributed by atoms with Gasteiger partial charge in [-0.15, -0.1) is 0 Å². The van der Waals surface area contributed by atoms with Crippen molar-refractivity contribution in [2.45, 2.75) is 51.6 Å². The number of hydrogen-bond donors (Lipinski definition) is 0. The number of aromatic nitrogens is 3. The van der Waals surface area contributed by atoms with Crippen molar-refractivity contribution >= 4 is 16.9 Å². The van der Waals surface area contributed by atoms with Gasteiger partial charge in [0.15, 0.2) is 0 Å². The molecule has 1 aliphatic carbocycles. The monoisotopic (exact) mass is 404 g/mol. The second kappa shape index (κ2) is 7.74. The van der Waals surface area contributed by atoms with Gasteiger partial charge in [-0.05, 0) is 63.6 Å². The molecule has 1 aliphatic heterocycles. The molecule has 0 bridgehead atoms.